The van der Waals surface area contributed by atoms with Gasteiger partial charge in [0, 0.05) is 28.6 Å². The number of aromatic hydroxyl groups is 3. The van der Waals surface area contributed by atoms with Gasteiger partial charge in [0.2, 0.25) is 5.75 Å². The lowest BCUT2D eigenvalue weighted by Gasteiger charge is -2.10. The first-order valence-electron chi connectivity index (χ1n) is 10.6. The summed E-state index contributed by atoms with van der Waals surface area (Å²) in [6.45, 7) is 0. The molecule has 5 aromatic rings. The summed E-state index contributed by atoms with van der Waals surface area (Å²) in [7, 11) is 0. The predicted molar refractivity (Wildman–Crippen MR) is 130 cm³/mol. The molecule has 0 fully saturated rings. The zero-order valence-corrected chi connectivity index (χ0v) is 18.2. The molecule has 2 aromatic heterocycles. The number of H-pyrrole nitrogens is 1. The van der Waals surface area contributed by atoms with E-state index in [0.717, 1.165) is 5.56 Å². The Kier molecular flexibility index (Phi) is 5.28. The van der Waals surface area contributed by atoms with Gasteiger partial charge in [-0.1, -0.05) is 48.5 Å². The van der Waals surface area contributed by atoms with Gasteiger partial charge in [-0.25, -0.2) is 4.68 Å². The number of phenols is 3. The summed E-state index contributed by atoms with van der Waals surface area (Å²) in [5.41, 5.74) is 2.28. The van der Waals surface area contributed by atoms with Gasteiger partial charge in [-0.05, 0) is 35.9 Å². The van der Waals surface area contributed by atoms with Gasteiger partial charge in [-0.2, -0.15) is 10.4 Å². The highest BCUT2D eigenvalue weighted by Crippen LogP contribution is 2.45. The van der Waals surface area contributed by atoms with Crippen LogP contribution in [0.25, 0.3) is 39.3 Å². The molecule has 0 aliphatic carbocycles. The summed E-state index contributed by atoms with van der Waals surface area (Å²) in [4.78, 5) is 15.7. The largest absolute Gasteiger partial charge is 0.504 e. The van der Waals surface area contributed by atoms with Gasteiger partial charge >= 0.3 is 0 Å². The van der Waals surface area contributed by atoms with Crippen molar-refractivity contribution < 1.29 is 15.3 Å². The number of benzene rings is 3. The summed E-state index contributed by atoms with van der Waals surface area (Å²) >= 11 is 0. The second-order valence-electron chi connectivity index (χ2n) is 7.78. The van der Waals surface area contributed by atoms with E-state index in [1.54, 1.807) is 16.9 Å². The van der Waals surface area contributed by atoms with Crippen molar-refractivity contribution in [2.75, 3.05) is 0 Å². The number of aromatic amines is 1. The monoisotopic (exact) mass is 462 g/mol. The molecule has 0 radical (unpaired) electrons. The summed E-state index contributed by atoms with van der Waals surface area (Å²) in [5, 5.41) is 45.0. The molecule has 2 heterocycles. The fraction of sp³-hybridized carbons (Fsp3) is 0. The lowest BCUT2D eigenvalue weighted by molar-refractivity contribution is 0.369. The molecule has 3 aromatic carbocycles. The molecular weight excluding hydrogens is 444 g/mol. The number of nitriles is 1. The molecule has 0 aliphatic rings. The molecule has 0 atom stereocenters. The fourth-order valence-electron chi connectivity index (χ4n) is 3.90. The van der Waals surface area contributed by atoms with Gasteiger partial charge in [0.15, 0.2) is 11.5 Å². The van der Waals surface area contributed by atoms with E-state index in [1.807, 2.05) is 66.7 Å². The molecule has 0 aliphatic heterocycles. The van der Waals surface area contributed by atoms with Crippen LogP contribution in [0.5, 0.6) is 17.2 Å². The van der Waals surface area contributed by atoms with Gasteiger partial charge in [-0.3, -0.25) is 4.79 Å². The van der Waals surface area contributed by atoms with E-state index in [9.17, 15) is 25.4 Å². The maximum Gasteiger partial charge on any atom is 0.266 e. The Morgan fingerprint density at radius 3 is 2.20 bits per heavy atom. The molecule has 8 nitrogen and oxygen atoms in total. The zero-order chi connectivity index (χ0) is 24.5. The smallest absolute Gasteiger partial charge is 0.266 e. The van der Waals surface area contributed by atoms with Crippen molar-refractivity contribution in [3.63, 3.8) is 0 Å². The van der Waals surface area contributed by atoms with E-state index < -0.39 is 22.8 Å². The number of nitrogens with zero attached hydrogens (tertiary/aromatic N) is 3. The molecule has 0 saturated heterocycles. The minimum Gasteiger partial charge on any atom is -0.504 e. The maximum atomic E-state index is 12.9. The average molecular weight is 462 g/mol. The normalized spacial score (nSPS) is 10.7. The van der Waals surface area contributed by atoms with Crippen molar-refractivity contribution in [1.29, 1.82) is 5.26 Å². The number of rotatable bonds is 4. The van der Waals surface area contributed by atoms with Crippen molar-refractivity contribution in [2.24, 2.45) is 0 Å². The Balaban J connectivity index is 1.83. The number of aromatic nitrogens is 3. The SMILES string of the molecule is N#Cc1c(-c2cn(-c3ccccc3)nc2-c2ccc(O)c(O)c2O)cc(-c2ccccc2)[nH]c1=O. The number of nitrogens with one attached hydrogen (secondary N) is 1. The van der Waals surface area contributed by atoms with Crippen LogP contribution >= 0.6 is 0 Å². The summed E-state index contributed by atoms with van der Waals surface area (Å²) in [6.07, 6.45) is 1.65. The zero-order valence-electron chi connectivity index (χ0n) is 18.2. The molecule has 8 heteroatoms. The number of para-hydroxylation sites is 1. The molecule has 4 N–H and O–H groups in total. The first kappa shape index (κ1) is 21.6. The van der Waals surface area contributed by atoms with Gasteiger partial charge in [0.05, 0.1) is 5.69 Å². The van der Waals surface area contributed by atoms with Gasteiger partial charge < -0.3 is 20.3 Å². The molecule has 0 unspecified atom stereocenters. The Bertz CT molecular complexity index is 1650. The van der Waals surface area contributed by atoms with E-state index in [2.05, 4.69) is 10.1 Å². The summed E-state index contributed by atoms with van der Waals surface area (Å²) in [6, 6.07) is 24.7. The van der Waals surface area contributed by atoms with E-state index in [1.165, 1.54) is 12.1 Å². The van der Waals surface area contributed by atoms with E-state index in [-0.39, 0.29) is 16.8 Å². The lowest BCUT2D eigenvalue weighted by Crippen LogP contribution is -2.12. The van der Waals surface area contributed by atoms with Crippen LogP contribution < -0.4 is 5.56 Å². The minimum atomic E-state index is -0.695. The second-order valence-corrected chi connectivity index (χ2v) is 7.78. The average Bonchev–Trinajstić information content (AvgIpc) is 3.33. The van der Waals surface area contributed by atoms with Crippen molar-refractivity contribution in [1.82, 2.24) is 14.8 Å². The molecular formula is C27H18N4O4. The van der Waals surface area contributed by atoms with E-state index >= 15 is 0 Å². The first-order chi connectivity index (χ1) is 17.0. The van der Waals surface area contributed by atoms with Gasteiger partial charge in [0.1, 0.15) is 17.3 Å². The van der Waals surface area contributed by atoms with Crippen LogP contribution in [0.4, 0.5) is 0 Å². The highest BCUT2D eigenvalue weighted by atomic mass is 16.3. The van der Waals surface area contributed by atoms with Crippen LogP contribution in [-0.2, 0) is 0 Å². The van der Waals surface area contributed by atoms with Crippen LogP contribution in [-0.4, -0.2) is 30.1 Å². The van der Waals surface area contributed by atoms with Crippen LogP contribution in [0.1, 0.15) is 5.56 Å². The number of hydrogen-bond donors (Lipinski definition) is 4. The Morgan fingerprint density at radius 1 is 0.829 bits per heavy atom. The van der Waals surface area contributed by atoms with Gasteiger partial charge in [0.25, 0.3) is 5.56 Å². The summed E-state index contributed by atoms with van der Waals surface area (Å²) < 4.78 is 1.55. The topological polar surface area (TPSA) is 135 Å². The Labute approximate surface area is 199 Å². The van der Waals surface area contributed by atoms with Crippen LogP contribution in [0.15, 0.2) is 89.9 Å². The van der Waals surface area contributed by atoms with E-state index in [0.29, 0.717) is 22.5 Å². The molecule has 5 rings (SSSR count). The highest BCUT2D eigenvalue weighted by Gasteiger charge is 2.23. The molecule has 0 amide bonds. The standard InChI is InChI=1S/C27H18N4O4/c28-14-20-19(13-22(29-27(20)35)16-7-3-1-4-8-16)21-15-31(17-9-5-2-6-10-17)30-24(21)18-11-12-23(32)26(34)25(18)33/h1-13,15,32-34H,(H,29,35). The third-order valence-electron chi connectivity index (χ3n) is 5.64. The van der Waals surface area contributed by atoms with Crippen molar-refractivity contribution in [3.05, 3.63) is 101 Å². The third kappa shape index (κ3) is 3.77. The van der Waals surface area contributed by atoms with Crippen LogP contribution in [0, 0.1) is 11.3 Å². The molecule has 0 spiro atoms. The van der Waals surface area contributed by atoms with Crippen LogP contribution in [0.3, 0.4) is 0 Å². The predicted octanol–water partition coefficient (Wildman–Crippen LogP) is 4.55. The molecule has 170 valence electrons. The number of phenolic OH excluding ortho intramolecular Hbond substituents is 3. The minimum absolute atomic E-state index is 0.121. The number of pyridine rings is 1. The number of hydrogen-bond acceptors (Lipinski definition) is 6. The van der Waals surface area contributed by atoms with Crippen molar-refractivity contribution >= 4 is 0 Å². The fourth-order valence-corrected chi connectivity index (χ4v) is 3.90. The van der Waals surface area contributed by atoms with Crippen molar-refractivity contribution in [3.8, 4) is 62.6 Å². The third-order valence-corrected chi connectivity index (χ3v) is 5.64. The first-order valence-corrected chi connectivity index (χ1v) is 10.6. The van der Waals surface area contributed by atoms with Crippen molar-refractivity contribution in [2.45, 2.75) is 0 Å². The molecule has 35 heavy (non-hydrogen) atoms. The Morgan fingerprint density at radius 2 is 1.51 bits per heavy atom. The van der Waals surface area contributed by atoms with Crippen LogP contribution in [0.2, 0.25) is 0 Å². The highest BCUT2D eigenvalue weighted by molar-refractivity contribution is 5.88. The Hall–Kier alpha value is -5.29. The van der Waals surface area contributed by atoms with E-state index in [4.69, 9.17) is 0 Å². The lowest BCUT2D eigenvalue weighted by atomic mass is 9.96. The van der Waals surface area contributed by atoms with Gasteiger partial charge in [-0.15, -0.1) is 0 Å². The quantitative estimate of drug-likeness (QED) is 0.289. The molecule has 0 bridgehead atoms. The summed E-state index contributed by atoms with van der Waals surface area (Å²) in [5.74, 6) is -1.76. The second kappa shape index (κ2) is 8.57. The maximum absolute atomic E-state index is 12.9. The molecule has 0 saturated carbocycles.